The van der Waals surface area contributed by atoms with E-state index in [9.17, 15) is 4.79 Å². The fourth-order valence-electron chi connectivity index (χ4n) is 2.98. The third kappa shape index (κ3) is 5.87. The summed E-state index contributed by atoms with van der Waals surface area (Å²) in [5, 5.41) is 3.34. The zero-order chi connectivity index (χ0) is 16.5. The summed E-state index contributed by atoms with van der Waals surface area (Å²) in [4.78, 5) is 13.8. The second kappa shape index (κ2) is 9.56. The largest absolute Gasteiger partial charge is 0.490 e. The van der Waals surface area contributed by atoms with Gasteiger partial charge >= 0.3 is 0 Å². The highest BCUT2D eigenvalue weighted by molar-refractivity contribution is 5.91. The van der Waals surface area contributed by atoms with Crippen molar-refractivity contribution >= 4 is 11.6 Å². The van der Waals surface area contributed by atoms with Gasteiger partial charge in [-0.25, -0.2) is 0 Å². The van der Waals surface area contributed by atoms with E-state index in [0.717, 1.165) is 50.3 Å². The van der Waals surface area contributed by atoms with Gasteiger partial charge in [-0.1, -0.05) is 26.2 Å². The number of rotatable bonds is 8. The fourth-order valence-corrected chi connectivity index (χ4v) is 2.98. The molecule has 1 fully saturated rings. The van der Waals surface area contributed by atoms with Crippen molar-refractivity contribution in [3.8, 4) is 5.75 Å². The van der Waals surface area contributed by atoms with E-state index >= 15 is 0 Å². The number of hydrogen-bond acceptors (Lipinski definition) is 3. The average Bonchev–Trinajstić information content (AvgIpc) is 2.57. The average molecular weight is 318 g/mol. The van der Waals surface area contributed by atoms with Crippen LogP contribution in [-0.2, 0) is 4.79 Å². The third-order valence-corrected chi connectivity index (χ3v) is 4.35. The molecule has 0 bridgehead atoms. The molecule has 1 aliphatic rings. The smallest absolute Gasteiger partial charge is 0.223 e. The topological polar surface area (TPSA) is 41.6 Å². The first-order valence-corrected chi connectivity index (χ1v) is 8.96. The minimum Gasteiger partial charge on any atom is -0.490 e. The molecule has 1 amide bonds. The molecule has 4 nitrogen and oxygen atoms in total. The van der Waals surface area contributed by atoms with Crippen molar-refractivity contribution in [2.75, 3.05) is 24.5 Å². The third-order valence-electron chi connectivity index (χ3n) is 4.35. The van der Waals surface area contributed by atoms with Crippen molar-refractivity contribution in [3.63, 3.8) is 0 Å². The number of hydrogen-bond donors (Lipinski definition) is 1. The van der Waals surface area contributed by atoms with Crippen molar-refractivity contribution in [1.82, 2.24) is 5.32 Å². The van der Waals surface area contributed by atoms with E-state index < -0.39 is 0 Å². The summed E-state index contributed by atoms with van der Waals surface area (Å²) in [6.45, 7) is 6.68. The molecule has 2 rings (SSSR count). The van der Waals surface area contributed by atoms with Gasteiger partial charge in [-0.2, -0.15) is 0 Å². The highest BCUT2D eigenvalue weighted by Crippen LogP contribution is 2.22. The molecular weight excluding hydrogens is 288 g/mol. The molecule has 1 aliphatic heterocycles. The first-order chi connectivity index (χ1) is 11.2. The molecule has 0 aliphatic carbocycles. The molecular formula is C19H30N2O2. The monoisotopic (exact) mass is 318 g/mol. The Labute approximate surface area is 140 Å². The van der Waals surface area contributed by atoms with Crippen LogP contribution < -0.4 is 15.0 Å². The molecule has 0 aromatic heterocycles. The van der Waals surface area contributed by atoms with Gasteiger partial charge in [0.2, 0.25) is 5.91 Å². The van der Waals surface area contributed by atoms with E-state index in [-0.39, 0.29) is 5.91 Å². The summed E-state index contributed by atoms with van der Waals surface area (Å²) in [6, 6.07) is 7.97. The lowest BCUT2D eigenvalue weighted by atomic mass is 10.1. The molecule has 1 aromatic carbocycles. The molecule has 0 unspecified atom stereocenters. The molecule has 128 valence electrons. The molecule has 23 heavy (non-hydrogen) atoms. The van der Waals surface area contributed by atoms with Crippen LogP contribution in [0, 0.1) is 0 Å². The molecule has 4 heteroatoms. The van der Waals surface area contributed by atoms with E-state index in [1.807, 2.05) is 29.2 Å². The lowest BCUT2D eigenvalue weighted by molar-refractivity contribution is -0.116. The number of unbranched alkanes of at least 4 members (excludes halogenated alkanes) is 3. The Bertz CT molecular complexity index is 467. The van der Waals surface area contributed by atoms with E-state index in [4.69, 9.17) is 4.74 Å². The highest BCUT2D eigenvalue weighted by Gasteiger charge is 2.15. The van der Waals surface area contributed by atoms with E-state index in [1.165, 1.54) is 19.3 Å². The summed E-state index contributed by atoms with van der Waals surface area (Å²) >= 11 is 0. The Morgan fingerprint density at radius 1 is 1.17 bits per heavy atom. The Balaban J connectivity index is 1.90. The summed E-state index contributed by atoms with van der Waals surface area (Å²) in [5.74, 6) is 1.00. The maximum atomic E-state index is 11.9. The number of ether oxygens (including phenoxy) is 1. The number of benzene rings is 1. The van der Waals surface area contributed by atoms with Crippen LogP contribution in [0.3, 0.4) is 0 Å². The second-order valence-electron chi connectivity index (χ2n) is 6.29. The Morgan fingerprint density at radius 2 is 1.87 bits per heavy atom. The van der Waals surface area contributed by atoms with Crippen molar-refractivity contribution in [2.24, 2.45) is 0 Å². The molecule has 1 saturated heterocycles. The van der Waals surface area contributed by atoms with Gasteiger partial charge in [0, 0.05) is 19.2 Å². The SMILES string of the molecule is CCCCCCN(C(C)=O)c1ccc(OC2CCNCC2)cc1. The van der Waals surface area contributed by atoms with Crippen LogP contribution in [0.4, 0.5) is 5.69 Å². The number of nitrogens with one attached hydrogen (secondary N) is 1. The van der Waals surface area contributed by atoms with Crippen LogP contribution in [0.25, 0.3) is 0 Å². The summed E-state index contributed by atoms with van der Waals surface area (Å²) in [5.41, 5.74) is 0.964. The fraction of sp³-hybridized carbons (Fsp3) is 0.632. The normalized spacial score (nSPS) is 15.4. The van der Waals surface area contributed by atoms with Crippen LogP contribution in [0.2, 0.25) is 0 Å². The van der Waals surface area contributed by atoms with Crippen molar-refractivity contribution < 1.29 is 9.53 Å². The number of anilines is 1. The van der Waals surface area contributed by atoms with Gasteiger partial charge in [0.05, 0.1) is 0 Å². The molecule has 0 saturated carbocycles. The Hall–Kier alpha value is -1.55. The maximum absolute atomic E-state index is 11.9. The molecule has 1 N–H and O–H groups in total. The molecule has 1 aromatic rings. The van der Waals surface area contributed by atoms with Gasteiger partial charge in [0.1, 0.15) is 11.9 Å². The van der Waals surface area contributed by atoms with E-state index in [1.54, 1.807) is 6.92 Å². The van der Waals surface area contributed by atoms with E-state index in [0.29, 0.717) is 6.10 Å². The lowest BCUT2D eigenvalue weighted by Crippen LogP contribution is -2.34. The zero-order valence-corrected chi connectivity index (χ0v) is 14.5. The van der Waals surface area contributed by atoms with E-state index in [2.05, 4.69) is 12.2 Å². The first kappa shape index (κ1) is 17.8. The second-order valence-corrected chi connectivity index (χ2v) is 6.29. The minimum absolute atomic E-state index is 0.105. The predicted molar refractivity (Wildman–Crippen MR) is 95.1 cm³/mol. The standard InChI is InChI=1S/C19H30N2O2/c1-3-4-5-6-15-21(16(2)22)17-7-9-18(10-8-17)23-19-11-13-20-14-12-19/h7-10,19-20H,3-6,11-15H2,1-2H3. The van der Waals surface area contributed by atoms with Crippen molar-refractivity contribution in [2.45, 2.75) is 58.5 Å². The van der Waals surface area contributed by atoms with Crippen LogP contribution in [0.1, 0.15) is 52.4 Å². The van der Waals surface area contributed by atoms with Crippen molar-refractivity contribution in [3.05, 3.63) is 24.3 Å². The minimum atomic E-state index is 0.105. The Morgan fingerprint density at radius 3 is 2.48 bits per heavy atom. The van der Waals surface area contributed by atoms with Gasteiger partial charge in [0.15, 0.2) is 0 Å². The van der Waals surface area contributed by atoms with Crippen molar-refractivity contribution in [1.29, 1.82) is 0 Å². The van der Waals surface area contributed by atoms with Gasteiger partial charge in [0.25, 0.3) is 0 Å². The number of carbonyl (C=O) groups excluding carboxylic acids is 1. The summed E-state index contributed by atoms with van der Waals surface area (Å²) in [6.07, 6.45) is 7.09. The zero-order valence-electron chi connectivity index (χ0n) is 14.5. The molecule has 0 radical (unpaired) electrons. The molecule has 0 spiro atoms. The molecule has 0 atom stereocenters. The van der Waals surface area contributed by atoms with Gasteiger partial charge in [-0.05, 0) is 56.6 Å². The number of carbonyl (C=O) groups is 1. The van der Waals surface area contributed by atoms with Crippen LogP contribution in [0.15, 0.2) is 24.3 Å². The van der Waals surface area contributed by atoms with Gasteiger partial charge in [-0.3, -0.25) is 4.79 Å². The first-order valence-electron chi connectivity index (χ1n) is 8.96. The lowest BCUT2D eigenvalue weighted by Gasteiger charge is -2.25. The molecule has 1 heterocycles. The van der Waals surface area contributed by atoms with Crippen LogP contribution >= 0.6 is 0 Å². The highest BCUT2D eigenvalue weighted by atomic mass is 16.5. The number of amides is 1. The quantitative estimate of drug-likeness (QED) is 0.742. The Kier molecular flexibility index (Phi) is 7.40. The van der Waals surface area contributed by atoms with Gasteiger partial charge in [-0.15, -0.1) is 0 Å². The predicted octanol–water partition coefficient (Wildman–Crippen LogP) is 3.75. The summed E-state index contributed by atoms with van der Waals surface area (Å²) < 4.78 is 6.02. The summed E-state index contributed by atoms with van der Waals surface area (Å²) in [7, 11) is 0. The number of nitrogens with zero attached hydrogens (tertiary/aromatic N) is 1. The van der Waals surface area contributed by atoms with Gasteiger partial charge < -0.3 is 15.0 Å². The van der Waals surface area contributed by atoms with Crippen LogP contribution in [-0.4, -0.2) is 31.6 Å². The maximum Gasteiger partial charge on any atom is 0.223 e. The van der Waals surface area contributed by atoms with Crippen LogP contribution in [0.5, 0.6) is 5.75 Å². The number of piperidine rings is 1.